The molecule has 1 aliphatic carbocycles. The third kappa shape index (κ3) is 3.72. The fourth-order valence-electron chi connectivity index (χ4n) is 3.37. The van der Waals surface area contributed by atoms with Gasteiger partial charge in [-0.1, -0.05) is 24.3 Å². The van der Waals surface area contributed by atoms with Gasteiger partial charge < -0.3 is 14.5 Å². The van der Waals surface area contributed by atoms with Crippen LogP contribution in [0.5, 0.6) is 5.88 Å². The molecule has 1 aliphatic rings. The maximum atomic E-state index is 12.4. The zero-order valence-corrected chi connectivity index (χ0v) is 14.8. The molecule has 5 nitrogen and oxygen atoms in total. The van der Waals surface area contributed by atoms with Gasteiger partial charge in [0.05, 0.1) is 0 Å². The van der Waals surface area contributed by atoms with E-state index in [1.807, 2.05) is 49.5 Å². The summed E-state index contributed by atoms with van der Waals surface area (Å²) in [4.78, 5) is 16.7. The molecule has 1 amide bonds. The number of para-hydroxylation sites is 1. The van der Waals surface area contributed by atoms with Crippen LogP contribution in [0, 0.1) is 6.92 Å². The van der Waals surface area contributed by atoms with Crippen LogP contribution in [-0.4, -0.2) is 23.0 Å². The molecule has 0 radical (unpaired) electrons. The largest absolute Gasteiger partial charge is 0.474 e. The number of nitrogens with one attached hydrogen (secondary N) is 1. The number of amides is 1. The van der Waals surface area contributed by atoms with Crippen molar-refractivity contribution < 1.29 is 13.9 Å². The van der Waals surface area contributed by atoms with Crippen LogP contribution in [0.3, 0.4) is 0 Å². The van der Waals surface area contributed by atoms with Gasteiger partial charge in [0.25, 0.3) is 5.91 Å². The van der Waals surface area contributed by atoms with E-state index in [9.17, 15) is 4.79 Å². The van der Waals surface area contributed by atoms with E-state index in [0.717, 1.165) is 42.2 Å². The van der Waals surface area contributed by atoms with E-state index in [2.05, 4.69) is 10.3 Å². The molecule has 1 aromatic carbocycles. The Morgan fingerprint density at radius 3 is 2.69 bits per heavy atom. The molecular formula is C21H22N2O3. The molecule has 2 aromatic heterocycles. The molecule has 0 atom stereocenters. The predicted octanol–water partition coefficient (Wildman–Crippen LogP) is 4.26. The lowest BCUT2D eigenvalue weighted by Crippen LogP contribution is -2.39. The first kappa shape index (κ1) is 16.6. The molecule has 26 heavy (non-hydrogen) atoms. The molecular weight excluding hydrogens is 328 g/mol. The van der Waals surface area contributed by atoms with Crippen LogP contribution in [0.15, 0.2) is 53.1 Å². The van der Waals surface area contributed by atoms with Gasteiger partial charge in [-0.3, -0.25) is 4.79 Å². The van der Waals surface area contributed by atoms with E-state index in [1.54, 1.807) is 6.07 Å². The van der Waals surface area contributed by atoms with Crippen LogP contribution in [0.1, 0.15) is 41.8 Å². The van der Waals surface area contributed by atoms with Crippen LogP contribution < -0.4 is 10.1 Å². The second kappa shape index (κ2) is 7.20. The van der Waals surface area contributed by atoms with Crippen LogP contribution in [0.4, 0.5) is 0 Å². The van der Waals surface area contributed by atoms with Gasteiger partial charge in [0.2, 0.25) is 5.88 Å². The Balaban J connectivity index is 1.30. The monoisotopic (exact) mass is 350 g/mol. The molecule has 0 spiro atoms. The number of aryl methyl sites for hydroxylation is 1. The number of hydrogen-bond acceptors (Lipinski definition) is 4. The van der Waals surface area contributed by atoms with Gasteiger partial charge in [-0.25, -0.2) is 4.98 Å². The minimum absolute atomic E-state index is 0.147. The number of hydrogen-bond donors (Lipinski definition) is 1. The van der Waals surface area contributed by atoms with Gasteiger partial charge >= 0.3 is 0 Å². The number of benzene rings is 1. The molecule has 1 fully saturated rings. The number of aromatic nitrogens is 1. The lowest BCUT2D eigenvalue weighted by atomic mass is 9.93. The molecule has 2 heterocycles. The Morgan fingerprint density at radius 1 is 1.15 bits per heavy atom. The molecule has 1 N–H and O–H groups in total. The highest BCUT2D eigenvalue weighted by Gasteiger charge is 2.25. The standard InChI is InChI=1S/C21H22N2O3/c1-14-6-11-20(22-13-14)25-17-9-7-16(8-10-17)23-21(24)19-12-15-4-2-3-5-18(15)26-19/h2-6,11-13,16-17H,7-10H2,1H3,(H,23,24). The van der Waals surface area contributed by atoms with Crippen molar-refractivity contribution in [3.8, 4) is 5.88 Å². The summed E-state index contributed by atoms with van der Waals surface area (Å²) in [5, 5.41) is 4.03. The number of furan rings is 1. The Bertz CT molecular complexity index is 860. The third-order valence-corrected chi connectivity index (χ3v) is 4.83. The third-order valence-electron chi connectivity index (χ3n) is 4.83. The van der Waals surface area contributed by atoms with Crippen LogP contribution in [0.25, 0.3) is 11.0 Å². The minimum atomic E-state index is -0.147. The smallest absolute Gasteiger partial charge is 0.287 e. The predicted molar refractivity (Wildman–Crippen MR) is 99.3 cm³/mol. The van der Waals surface area contributed by atoms with E-state index in [1.165, 1.54) is 0 Å². The topological polar surface area (TPSA) is 64.4 Å². The summed E-state index contributed by atoms with van der Waals surface area (Å²) in [6.45, 7) is 2.01. The quantitative estimate of drug-likeness (QED) is 0.764. The second-order valence-corrected chi connectivity index (χ2v) is 6.89. The van der Waals surface area contributed by atoms with Gasteiger partial charge in [-0.15, -0.1) is 0 Å². The lowest BCUT2D eigenvalue weighted by molar-refractivity contribution is 0.0865. The summed E-state index contributed by atoms with van der Waals surface area (Å²) in [6.07, 6.45) is 5.56. The summed E-state index contributed by atoms with van der Waals surface area (Å²) >= 11 is 0. The van der Waals surface area contributed by atoms with Crippen LogP contribution in [0.2, 0.25) is 0 Å². The fourth-order valence-corrected chi connectivity index (χ4v) is 3.37. The Morgan fingerprint density at radius 2 is 1.96 bits per heavy atom. The van der Waals surface area contributed by atoms with Crippen molar-refractivity contribution in [1.82, 2.24) is 10.3 Å². The van der Waals surface area contributed by atoms with Gasteiger partial charge in [0, 0.05) is 23.7 Å². The molecule has 0 bridgehead atoms. The summed E-state index contributed by atoms with van der Waals surface area (Å²) in [5.41, 5.74) is 1.86. The van der Waals surface area contributed by atoms with Crippen molar-refractivity contribution in [1.29, 1.82) is 0 Å². The SMILES string of the molecule is Cc1ccc(OC2CCC(NC(=O)c3cc4ccccc4o3)CC2)nc1. The number of fused-ring (bicyclic) bond motifs is 1. The number of carbonyl (C=O) groups excluding carboxylic acids is 1. The van der Waals surface area contributed by atoms with Crippen molar-refractivity contribution in [3.05, 3.63) is 60.0 Å². The van der Waals surface area contributed by atoms with E-state index in [0.29, 0.717) is 11.6 Å². The molecule has 134 valence electrons. The normalized spacial score (nSPS) is 20.0. The highest BCUT2D eigenvalue weighted by atomic mass is 16.5. The van der Waals surface area contributed by atoms with Crippen molar-refractivity contribution in [2.75, 3.05) is 0 Å². The molecule has 0 aliphatic heterocycles. The van der Waals surface area contributed by atoms with E-state index in [-0.39, 0.29) is 18.1 Å². The number of rotatable bonds is 4. The highest BCUT2D eigenvalue weighted by Crippen LogP contribution is 2.24. The van der Waals surface area contributed by atoms with E-state index >= 15 is 0 Å². The average molecular weight is 350 g/mol. The van der Waals surface area contributed by atoms with Crippen molar-refractivity contribution in [2.24, 2.45) is 0 Å². The minimum Gasteiger partial charge on any atom is -0.474 e. The summed E-state index contributed by atoms with van der Waals surface area (Å²) in [5.74, 6) is 0.893. The zero-order chi connectivity index (χ0) is 17.9. The first-order valence-corrected chi connectivity index (χ1v) is 9.06. The molecule has 0 saturated heterocycles. The van der Waals surface area contributed by atoms with Crippen molar-refractivity contribution in [3.63, 3.8) is 0 Å². The lowest BCUT2D eigenvalue weighted by Gasteiger charge is -2.29. The summed E-state index contributed by atoms with van der Waals surface area (Å²) in [7, 11) is 0. The molecule has 3 aromatic rings. The fraction of sp³-hybridized carbons (Fsp3) is 0.333. The number of ether oxygens (including phenoxy) is 1. The van der Waals surface area contributed by atoms with E-state index < -0.39 is 0 Å². The number of carbonyl (C=O) groups is 1. The van der Waals surface area contributed by atoms with Gasteiger partial charge in [0.15, 0.2) is 5.76 Å². The van der Waals surface area contributed by atoms with Gasteiger partial charge in [-0.2, -0.15) is 0 Å². The molecule has 0 unspecified atom stereocenters. The van der Waals surface area contributed by atoms with Crippen molar-refractivity contribution >= 4 is 16.9 Å². The molecule has 5 heteroatoms. The summed E-state index contributed by atoms with van der Waals surface area (Å²) < 4.78 is 11.6. The maximum Gasteiger partial charge on any atom is 0.287 e. The second-order valence-electron chi connectivity index (χ2n) is 6.89. The highest BCUT2D eigenvalue weighted by molar-refractivity contribution is 5.96. The zero-order valence-electron chi connectivity index (χ0n) is 14.8. The first-order chi connectivity index (χ1) is 12.7. The average Bonchev–Trinajstić information content (AvgIpc) is 3.10. The van der Waals surface area contributed by atoms with Gasteiger partial charge in [0.1, 0.15) is 11.7 Å². The summed E-state index contributed by atoms with van der Waals surface area (Å²) in [6, 6.07) is 13.5. The Labute approximate surface area is 152 Å². The number of nitrogens with zero attached hydrogens (tertiary/aromatic N) is 1. The van der Waals surface area contributed by atoms with Gasteiger partial charge in [-0.05, 0) is 50.3 Å². The Kier molecular flexibility index (Phi) is 4.61. The van der Waals surface area contributed by atoms with Crippen LogP contribution >= 0.6 is 0 Å². The maximum absolute atomic E-state index is 12.4. The van der Waals surface area contributed by atoms with Crippen LogP contribution in [-0.2, 0) is 0 Å². The van der Waals surface area contributed by atoms with Crippen molar-refractivity contribution in [2.45, 2.75) is 44.8 Å². The molecule has 4 rings (SSSR count). The first-order valence-electron chi connectivity index (χ1n) is 9.06. The Hall–Kier alpha value is -2.82. The number of pyridine rings is 1. The van der Waals surface area contributed by atoms with E-state index in [4.69, 9.17) is 9.15 Å². The molecule has 1 saturated carbocycles.